The van der Waals surface area contributed by atoms with Crippen molar-refractivity contribution in [3.8, 4) is 0 Å². The third-order valence-corrected chi connectivity index (χ3v) is 3.67. The maximum atomic E-state index is 13.3. The van der Waals surface area contributed by atoms with E-state index in [1.54, 1.807) is 4.90 Å². The van der Waals surface area contributed by atoms with Gasteiger partial charge in [-0.3, -0.25) is 4.90 Å². The highest BCUT2D eigenvalue weighted by molar-refractivity contribution is 5.85. The molecule has 1 N–H and O–H groups in total. The van der Waals surface area contributed by atoms with Crippen molar-refractivity contribution >= 4 is 12.4 Å². The molecule has 2 rings (SSSR count). The molecule has 0 spiro atoms. The van der Waals surface area contributed by atoms with Crippen LogP contribution in [0.4, 0.5) is 26.3 Å². The molecule has 0 amide bonds. The largest absolute Gasteiger partial charge is 0.419 e. The quantitative estimate of drug-likeness (QED) is 0.818. The molecule has 1 aromatic carbocycles. The molecule has 9 heteroatoms. The van der Waals surface area contributed by atoms with Gasteiger partial charge in [0.25, 0.3) is 0 Å². The van der Waals surface area contributed by atoms with E-state index in [1.165, 1.54) is 0 Å². The number of benzene rings is 1. The monoisotopic (exact) mass is 362 g/mol. The summed E-state index contributed by atoms with van der Waals surface area (Å²) in [5, 5.41) is 3.05. The van der Waals surface area contributed by atoms with Gasteiger partial charge in [-0.25, -0.2) is 13.2 Å². The number of hydrogen-bond acceptors (Lipinski definition) is 2. The van der Waals surface area contributed by atoms with Gasteiger partial charge in [0.2, 0.25) is 6.43 Å². The van der Waals surface area contributed by atoms with Crippen LogP contribution < -0.4 is 5.32 Å². The third-order valence-electron chi connectivity index (χ3n) is 3.67. The van der Waals surface area contributed by atoms with Crippen LogP contribution >= 0.6 is 12.4 Å². The van der Waals surface area contributed by atoms with E-state index < -0.39 is 36.4 Å². The SMILES string of the molecule is Cl.Fc1ccc([C@H](CC(F)F)N2CCNCC2)cc1C(F)(F)F. The van der Waals surface area contributed by atoms with E-state index in [9.17, 15) is 26.3 Å². The highest BCUT2D eigenvalue weighted by atomic mass is 35.5. The lowest BCUT2D eigenvalue weighted by molar-refractivity contribution is -0.140. The third kappa shape index (κ3) is 5.26. The van der Waals surface area contributed by atoms with Gasteiger partial charge in [0.05, 0.1) is 5.56 Å². The molecule has 1 aliphatic heterocycles. The summed E-state index contributed by atoms with van der Waals surface area (Å²) >= 11 is 0. The maximum Gasteiger partial charge on any atom is 0.419 e. The summed E-state index contributed by atoms with van der Waals surface area (Å²) in [4.78, 5) is 1.70. The lowest BCUT2D eigenvalue weighted by Gasteiger charge is -2.35. The van der Waals surface area contributed by atoms with Crippen LogP contribution in [0.2, 0.25) is 0 Å². The second-order valence-corrected chi connectivity index (χ2v) is 5.17. The lowest BCUT2D eigenvalue weighted by atomic mass is 9.98. The lowest BCUT2D eigenvalue weighted by Crippen LogP contribution is -2.45. The number of halogens is 7. The summed E-state index contributed by atoms with van der Waals surface area (Å²) in [6.45, 7) is 2.06. The van der Waals surface area contributed by atoms with E-state index in [4.69, 9.17) is 0 Å². The summed E-state index contributed by atoms with van der Waals surface area (Å²) in [5.74, 6) is -1.40. The molecular formula is C14H17ClF6N2. The normalized spacial score (nSPS) is 17.9. The second-order valence-electron chi connectivity index (χ2n) is 5.17. The molecule has 1 aromatic rings. The van der Waals surface area contributed by atoms with E-state index in [2.05, 4.69) is 5.32 Å². The number of nitrogens with zero attached hydrogens (tertiary/aromatic N) is 1. The molecule has 1 saturated heterocycles. The van der Waals surface area contributed by atoms with Gasteiger partial charge < -0.3 is 5.32 Å². The second kappa shape index (κ2) is 8.21. The number of alkyl halides is 5. The van der Waals surface area contributed by atoms with Crippen molar-refractivity contribution in [2.24, 2.45) is 0 Å². The highest BCUT2D eigenvalue weighted by Gasteiger charge is 2.35. The Morgan fingerprint density at radius 3 is 2.26 bits per heavy atom. The topological polar surface area (TPSA) is 15.3 Å². The van der Waals surface area contributed by atoms with Crippen molar-refractivity contribution in [3.63, 3.8) is 0 Å². The van der Waals surface area contributed by atoms with Gasteiger partial charge in [0, 0.05) is 38.6 Å². The Bertz CT molecular complexity index is 503. The summed E-state index contributed by atoms with van der Waals surface area (Å²) in [5.41, 5.74) is -1.35. The van der Waals surface area contributed by atoms with Gasteiger partial charge in [-0.05, 0) is 17.7 Å². The van der Waals surface area contributed by atoms with Gasteiger partial charge in [-0.15, -0.1) is 12.4 Å². The average molecular weight is 363 g/mol. The molecule has 2 nitrogen and oxygen atoms in total. The van der Waals surface area contributed by atoms with Gasteiger partial charge in [0.1, 0.15) is 5.82 Å². The molecule has 23 heavy (non-hydrogen) atoms. The Morgan fingerprint density at radius 1 is 1.13 bits per heavy atom. The van der Waals surface area contributed by atoms with E-state index in [0.717, 1.165) is 6.07 Å². The maximum absolute atomic E-state index is 13.3. The summed E-state index contributed by atoms with van der Waals surface area (Å²) in [7, 11) is 0. The Morgan fingerprint density at radius 2 is 1.74 bits per heavy atom. The van der Waals surface area contributed by atoms with Crippen molar-refractivity contribution in [3.05, 3.63) is 35.1 Å². The minimum atomic E-state index is -4.85. The molecule has 1 atom stereocenters. The predicted octanol–water partition coefficient (Wildman–Crippen LogP) is 3.87. The number of piperazine rings is 1. The van der Waals surface area contributed by atoms with E-state index in [1.807, 2.05) is 0 Å². The van der Waals surface area contributed by atoms with Gasteiger partial charge in [-0.2, -0.15) is 13.2 Å². The zero-order valence-corrected chi connectivity index (χ0v) is 12.9. The molecule has 1 heterocycles. The van der Waals surface area contributed by atoms with Crippen LogP contribution in [0, 0.1) is 5.82 Å². The van der Waals surface area contributed by atoms with Crippen LogP contribution in [-0.2, 0) is 6.18 Å². The fourth-order valence-electron chi connectivity index (χ4n) is 2.63. The summed E-state index contributed by atoms with van der Waals surface area (Å²) in [6.07, 6.45) is -8.08. The predicted molar refractivity (Wildman–Crippen MR) is 76.5 cm³/mol. The first-order valence-corrected chi connectivity index (χ1v) is 6.88. The van der Waals surface area contributed by atoms with Crippen LogP contribution in [-0.4, -0.2) is 37.5 Å². The fraction of sp³-hybridized carbons (Fsp3) is 0.571. The Labute approximate surface area is 136 Å². The first-order valence-electron chi connectivity index (χ1n) is 6.88. The van der Waals surface area contributed by atoms with Crippen molar-refractivity contribution in [2.45, 2.75) is 25.1 Å². The van der Waals surface area contributed by atoms with Crippen LogP contribution in [0.5, 0.6) is 0 Å². The van der Waals surface area contributed by atoms with Crippen LogP contribution in [0.3, 0.4) is 0 Å². The zero-order valence-electron chi connectivity index (χ0n) is 12.0. The van der Waals surface area contributed by atoms with Crippen molar-refractivity contribution < 1.29 is 26.3 Å². The standard InChI is InChI=1S/C14H16F6N2.ClH/c15-11-2-1-9(7-10(11)14(18,19)20)12(8-13(16)17)22-5-3-21-4-6-22;/h1-2,7,12-13,21H,3-6,8H2;1H/t12-;/m0./s1. The first kappa shape index (κ1) is 20.1. The molecule has 132 valence electrons. The minimum Gasteiger partial charge on any atom is -0.314 e. The van der Waals surface area contributed by atoms with Gasteiger partial charge in [-0.1, -0.05) is 6.07 Å². The number of hydrogen-bond donors (Lipinski definition) is 1. The van der Waals surface area contributed by atoms with Crippen molar-refractivity contribution in [1.82, 2.24) is 10.2 Å². The molecule has 0 bridgehead atoms. The Kier molecular flexibility index (Phi) is 7.16. The Hall–Kier alpha value is -0.990. The van der Waals surface area contributed by atoms with Crippen LogP contribution in [0.1, 0.15) is 23.6 Å². The zero-order chi connectivity index (χ0) is 16.3. The molecule has 0 aromatic heterocycles. The van der Waals surface area contributed by atoms with Crippen LogP contribution in [0.25, 0.3) is 0 Å². The molecule has 0 radical (unpaired) electrons. The average Bonchev–Trinajstić information content (AvgIpc) is 2.45. The molecular weight excluding hydrogens is 346 g/mol. The van der Waals surface area contributed by atoms with Gasteiger partial charge in [0.15, 0.2) is 0 Å². The van der Waals surface area contributed by atoms with Crippen molar-refractivity contribution in [1.29, 1.82) is 0 Å². The summed E-state index contributed by atoms with van der Waals surface area (Å²) in [6, 6.07) is 1.63. The van der Waals surface area contributed by atoms with Crippen LogP contribution in [0.15, 0.2) is 18.2 Å². The molecule has 1 fully saturated rings. The fourth-order valence-corrected chi connectivity index (χ4v) is 2.63. The number of nitrogens with one attached hydrogen (secondary N) is 1. The van der Waals surface area contributed by atoms with Crippen molar-refractivity contribution in [2.75, 3.05) is 26.2 Å². The molecule has 0 saturated carbocycles. The smallest absolute Gasteiger partial charge is 0.314 e. The Balaban J connectivity index is 0.00000264. The van der Waals surface area contributed by atoms with E-state index in [-0.39, 0.29) is 18.0 Å². The van der Waals surface area contributed by atoms with Gasteiger partial charge >= 0.3 is 6.18 Å². The molecule has 0 aliphatic carbocycles. The molecule has 0 unspecified atom stereocenters. The minimum absolute atomic E-state index is 0. The first-order chi connectivity index (χ1) is 10.3. The number of rotatable bonds is 4. The molecule has 1 aliphatic rings. The van der Waals surface area contributed by atoms with E-state index in [0.29, 0.717) is 38.3 Å². The summed E-state index contributed by atoms with van der Waals surface area (Å²) < 4.78 is 77.3. The highest BCUT2D eigenvalue weighted by Crippen LogP contribution is 2.35. The van der Waals surface area contributed by atoms with E-state index >= 15 is 0 Å².